The van der Waals surface area contributed by atoms with Crippen LogP contribution in [0.5, 0.6) is 0 Å². The Morgan fingerprint density at radius 3 is 2.54 bits per heavy atom. The zero-order valence-electron chi connectivity index (χ0n) is 8.07. The second kappa shape index (κ2) is 4.60. The molecule has 2 aliphatic heterocycles. The summed E-state index contributed by atoms with van der Waals surface area (Å²) >= 11 is 0. The minimum absolute atomic E-state index is 0. The van der Waals surface area contributed by atoms with Crippen LogP contribution in [0, 0.1) is 0 Å². The molecule has 0 unspecified atom stereocenters. The van der Waals surface area contributed by atoms with Gasteiger partial charge in [-0.2, -0.15) is 0 Å². The van der Waals surface area contributed by atoms with E-state index in [0.29, 0.717) is 12.1 Å². The number of piperidine rings is 1. The summed E-state index contributed by atoms with van der Waals surface area (Å²) in [4.78, 5) is 2.45. The van der Waals surface area contributed by atoms with Crippen molar-refractivity contribution in [3.05, 3.63) is 0 Å². The van der Waals surface area contributed by atoms with Crippen molar-refractivity contribution < 1.29 is 5.11 Å². The highest BCUT2D eigenvalue weighted by atomic mass is 35.5. The van der Waals surface area contributed by atoms with E-state index >= 15 is 0 Å². The third kappa shape index (κ3) is 2.34. The minimum atomic E-state index is -0.0817. The number of nitrogens with one attached hydrogen (secondary N) is 1. The van der Waals surface area contributed by atoms with Gasteiger partial charge in [0.1, 0.15) is 0 Å². The second-order valence-corrected chi connectivity index (χ2v) is 4.09. The zero-order chi connectivity index (χ0) is 8.55. The van der Waals surface area contributed by atoms with Crippen LogP contribution in [0.4, 0.5) is 0 Å². The summed E-state index contributed by atoms with van der Waals surface area (Å²) < 4.78 is 0. The molecule has 2 rings (SSSR count). The fourth-order valence-electron chi connectivity index (χ4n) is 2.13. The third-order valence-electron chi connectivity index (χ3n) is 3.13. The first kappa shape index (κ1) is 11.2. The first-order valence-electron chi connectivity index (χ1n) is 4.92. The van der Waals surface area contributed by atoms with Crippen LogP contribution in [0.25, 0.3) is 0 Å². The maximum absolute atomic E-state index is 9.50. The summed E-state index contributed by atoms with van der Waals surface area (Å²) in [5.41, 5.74) is 0. The molecule has 0 bridgehead atoms. The van der Waals surface area contributed by atoms with E-state index in [-0.39, 0.29) is 18.5 Å². The fraction of sp³-hybridized carbons (Fsp3) is 1.00. The molecule has 0 saturated carbocycles. The molecule has 0 aromatic heterocycles. The first-order valence-corrected chi connectivity index (χ1v) is 4.92. The van der Waals surface area contributed by atoms with E-state index < -0.39 is 0 Å². The zero-order valence-corrected chi connectivity index (χ0v) is 8.89. The maximum atomic E-state index is 9.50. The molecule has 2 saturated heterocycles. The number of rotatable bonds is 1. The highest BCUT2D eigenvalue weighted by Gasteiger charge is 2.32. The Bertz CT molecular complexity index is 162. The highest BCUT2D eigenvalue weighted by Crippen LogP contribution is 2.20. The van der Waals surface area contributed by atoms with Gasteiger partial charge in [0.05, 0.1) is 6.10 Å². The Kier molecular flexibility index (Phi) is 3.98. The van der Waals surface area contributed by atoms with Crippen LogP contribution in [-0.4, -0.2) is 47.8 Å². The fourth-order valence-corrected chi connectivity index (χ4v) is 2.13. The van der Waals surface area contributed by atoms with E-state index in [9.17, 15) is 5.11 Å². The molecule has 0 radical (unpaired) electrons. The average Bonchev–Trinajstić information content (AvgIpc) is 1.93. The quantitative estimate of drug-likeness (QED) is 0.645. The first-order chi connectivity index (χ1) is 5.77. The van der Waals surface area contributed by atoms with Crippen LogP contribution in [0.1, 0.15) is 19.8 Å². The van der Waals surface area contributed by atoms with Gasteiger partial charge in [-0.1, -0.05) is 0 Å². The lowest BCUT2D eigenvalue weighted by Gasteiger charge is -2.45. The number of likely N-dealkylation sites (tertiary alicyclic amines) is 1. The molecule has 2 N–H and O–H groups in total. The number of nitrogens with zero attached hydrogens (tertiary/aromatic N) is 1. The summed E-state index contributed by atoms with van der Waals surface area (Å²) in [5, 5.41) is 12.8. The summed E-state index contributed by atoms with van der Waals surface area (Å²) in [6, 6.07) is 1.36. The van der Waals surface area contributed by atoms with Crippen LogP contribution in [0.2, 0.25) is 0 Å². The second-order valence-electron chi connectivity index (χ2n) is 4.09. The lowest BCUT2D eigenvalue weighted by atomic mass is 9.97. The van der Waals surface area contributed by atoms with Crippen molar-refractivity contribution >= 4 is 12.4 Å². The van der Waals surface area contributed by atoms with Crippen LogP contribution in [0.3, 0.4) is 0 Å². The van der Waals surface area contributed by atoms with E-state index in [0.717, 1.165) is 32.5 Å². The molecule has 0 amide bonds. The van der Waals surface area contributed by atoms with Gasteiger partial charge in [-0.3, -0.25) is 4.90 Å². The third-order valence-corrected chi connectivity index (χ3v) is 3.13. The van der Waals surface area contributed by atoms with Gasteiger partial charge in [0.25, 0.3) is 0 Å². The van der Waals surface area contributed by atoms with Gasteiger partial charge in [-0.15, -0.1) is 12.4 Å². The van der Waals surface area contributed by atoms with Gasteiger partial charge >= 0.3 is 0 Å². The highest BCUT2D eigenvalue weighted by molar-refractivity contribution is 5.85. The summed E-state index contributed by atoms with van der Waals surface area (Å²) in [5.74, 6) is 0. The number of aliphatic hydroxyl groups excluding tert-OH is 1. The van der Waals surface area contributed by atoms with Gasteiger partial charge in [0.15, 0.2) is 0 Å². The lowest BCUT2D eigenvalue weighted by Crippen LogP contribution is -2.62. The smallest absolute Gasteiger partial charge is 0.0668 e. The van der Waals surface area contributed by atoms with Crippen LogP contribution in [-0.2, 0) is 0 Å². The SMILES string of the molecule is C[C@@H]1CC[C@@H](O)CN1C1CNC1.Cl. The van der Waals surface area contributed by atoms with E-state index in [1.165, 1.54) is 0 Å². The molecule has 2 atom stereocenters. The molecule has 3 nitrogen and oxygen atoms in total. The van der Waals surface area contributed by atoms with Crippen LogP contribution in [0.15, 0.2) is 0 Å². The number of hydrogen-bond donors (Lipinski definition) is 2. The van der Waals surface area contributed by atoms with E-state index in [4.69, 9.17) is 0 Å². The molecule has 0 aromatic carbocycles. The van der Waals surface area contributed by atoms with Crippen molar-refractivity contribution in [2.75, 3.05) is 19.6 Å². The predicted octanol–water partition coefficient (Wildman–Crippen LogP) is 0.225. The van der Waals surface area contributed by atoms with Gasteiger partial charge < -0.3 is 10.4 Å². The molecule has 0 aliphatic carbocycles. The maximum Gasteiger partial charge on any atom is 0.0668 e. The van der Waals surface area contributed by atoms with Gasteiger partial charge in [0, 0.05) is 31.7 Å². The number of β-amino-alcohol motifs (C(OH)–C–C–N with tert-alkyl or cyclic N) is 1. The summed E-state index contributed by atoms with van der Waals surface area (Å²) in [6.45, 7) is 5.37. The Morgan fingerprint density at radius 2 is 2.00 bits per heavy atom. The van der Waals surface area contributed by atoms with Crippen molar-refractivity contribution in [3.8, 4) is 0 Å². The van der Waals surface area contributed by atoms with Crippen molar-refractivity contribution in [3.63, 3.8) is 0 Å². The van der Waals surface area contributed by atoms with Crippen LogP contribution < -0.4 is 5.32 Å². The molecule has 2 aliphatic rings. The van der Waals surface area contributed by atoms with Crippen molar-refractivity contribution in [2.45, 2.75) is 38.0 Å². The van der Waals surface area contributed by atoms with E-state index in [1.54, 1.807) is 0 Å². The monoisotopic (exact) mass is 206 g/mol. The summed E-state index contributed by atoms with van der Waals surface area (Å²) in [7, 11) is 0. The Balaban J connectivity index is 0.000000845. The Morgan fingerprint density at radius 1 is 1.31 bits per heavy atom. The molecule has 2 heterocycles. The predicted molar refractivity (Wildman–Crippen MR) is 55.3 cm³/mol. The molecule has 13 heavy (non-hydrogen) atoms. The molecular formula is C9H19ClN2O. The van der Waals surface area contributed by atoms with E-state index in [2.05, 4.69) is 17.1 Å². The number of hydrogen-bond acceptors (Lipinski definition) is 3. The van der Waals surface area contributed by atoms with Gasteiger partial charge in [0.2, 0.25) is 0 Å². The summed E-state index contributed by atoms with van der Waals surface area (Å²) in [6.07, 6.45) is 2.05. The molecule has 78 valence electrons. The van der Waals surface area contributed by atoms with Gasteiger partial charge in [-0.05, 0) is 19.8 Å². The average molecular weight is 207 g/mol. The molecule has 0 aromatic rings. The van der Waals surface area contributed by atoms with E-state index in [1.807, 2.05) is 0 Å². The number of halogens is 1. The van der Waals surface area contributed by atoms with Crippen molar-refractivity contribution in [2.24, 2.45) is 0 Å². The van der Waals surface area contributed by atoms with Crippen molar-refractivity contribution in [1.29, 1.82) is 0 Å². The Hall–Kier alpha value is 0.170. The molecule has 2 fully saturated rings. The molecular weight excluding hydrogens is 188 g/mol. The topological polar surface area (TPSA) is 35.5 Å². The largest absolute Gasteiger partial charge is 0.392 e. The standard InChI is InChI=1S/C9H18N2O.ClH/c1-7-2-3-9(12)6-11(7)8-4-10-5-8;/h7-10,12H,2-6H2,1H3;1H/t7-,9-;/m1./s1. The Labute approximate surface area is 85.9 Å². The van der Waals surface area contributed by atoms with Crippen molar-refractivity contribution in [1.82, 2.24) is 10.2 Å². The normalized spacial score (nSPS) is 36.5. The molecule has 0 spiro atoms. The lowest BCUT2D eigenvalue weighted by molar-refractivity contribution is 0.000748. The molecule has 4 heteroatoms. The minimum Gasteiger partial charge on any atom is -0.392 e. The number of aliphatic hydroxyl groups is 1. The van der Waals surface area contributed by atoms with Gasteiger partial charge in [-0.25, -0.2) is 0 Å². The van der Waals surface area contributed by atoms with Crippen LogP contribution >= 0.6 is 12.4 Å².